The van der Waals surface area contributed by atoms with Crippen LogP contribution < -0.4 is 11.5 Å². The van der Waals surface area contributed by atoms with Crippen molar-refractivity contribution in [2.45, 2.75) is 57.3 Å². The van der Waals surface area contributed by atoms with Gasteiger partial charge in [-0.05, 0) is 62.9 Å². The van der Waals surface area contributed by atoms with Gasteiger partial charge in [0.2, 0.25) is 0 Å². The largest absolute Gasteiger partial charge is 0.387 e. The van der Waals surface area contributed by atoms with E-state index in [-0.39, 0.29) is 23.1 Å². The predicted molar refractivity (Wildman–Crippen MR) is 120 cm³/mol. The van der Waals surface area contributed by atoms with Gasteiger partial charge in [0.25, 0.3) is 16.0 Å². The van der Waals surface area contributed by atoms with Crippen molar-refractivity contribution in [1.82, 2.24) is 5.06 Å². The fraction of sp³-hybridized carbons (Fsp3) is 0.524. The third-order valence-corrected chi connectivity index (χ3v) is 5.66. The van der Waals surface area contributed by atoms with Crippen molar-refractivity contribution in [3.63, 3.8) is 0 Å². The zero-order chi connectivity index (χ0) is 23.0. The zero-order valence-corrected chi connectivity index (χ0v) is 19.0. The molecule has 2 rings (SSSR count). The molecule has 0 aliphatic carbocycles. The van der Waals surface area contributed by atoms with Crippen molar-refractivity contribution in [3.8, 4) is 0 Å². The highest BCUT2D eigenvalue weighted by Crippen LogP contribution is 2.34. The lowest BCUT2D eigenvalue weighted by Crippen LogP contribution is -2.34. The number of amidine groups is 1. The van der Waals surface area contributed by atoms with Gasteiger partial charge in [0.05, 0.1) is 17.2 Å². The second-order valence-electron chi connectivity index (χ2n) is 7.36. The molecule has 0 unspecified atom stereocenters. The van der Waals surface area contributed by atoms with E-state index in [9.17, 15) is 17.8 Å². The predicted octanol–water partition coefficient (Wildman–Crippen LogP) is 2.57. The molecule has 31 heavy (non-hydrogen) atoms. The quantitative estimate of drug-likeness (QED) is 0.265. The molecule has 10 heteroatoms. The van der Waals surface area contributed by atoms with Crippen molar-refractivity contribution in [3.05, 3.63) is 28.8 Å². The summed E-state index contributed by atoms with van der Waals surface area (Å²) < 4.78 is 33.1. The molecule has 5 N–H and O–H groups in total. The summed E-state index contributed by atoms with van der Waals surface area (Å²) in [5, 5.41) is 1.32. The summed E-state index contributed by atoms with van der Waals surface area (Å²) in [5.41, 5.74) is 13.6. The molecule has 1 heterocycles. The van der Waals surface area contributed by atoms with Crippen LogP contribution in [-0.4, -0.2) is 49.5 Å². The number of fused-ring (bicyclic) bond motifs is 1. The number of nitrogens with zero attached hydrogens (tertiary/aromatic N) is 2. The third-order valence-electron chi connectivity index (χ3n) is 4.83. The fourth-order valence-electron chi connectivity index (χ4n) is 3.42. The van der Waals surface area contributed by atoms with E-state index in [1.165, 1.54) is 17.2 Å². The monoisotopic (exact) mass is 452 g/mol. The summed E-state index contributed by atoms with van der Waals surface area (Å²) in [6.45, 7) is 5.11. The van der Waals surface area contributed by atoms with Crippen LogP contribution in [0.4, 0.5) is 5.69 Å². The van der Waals surface area contributed by atoms with E-state index >= 15 is 0 Å². The molecule has 0 fully saturated rings. The molecular weight excluding hydrogens is 420 g/mol. The molecule has 0 spiro atoms. The molecule has 0 radical (unpaired) electrons. The second-order valence-corrected chi connectivity index (χ2v) is 8.79. The topological polar surface area (TPSA) is 148 Å². The first kappa shape index (κ1) is 25.0. The standard InChI is InChI=1S/C21H32N4O5S/c1-3-10-25(30-4-2)21(26)16-12-18-15(8-6-5-7-9-22)11-17(31(27,28)29)14-19(18)24-20(23)13-16/h11-12,14H,3-10,13,22H2,1-2H3,(H2,23,24)(H,27,28,29). The fourth-order valence-corrected chi connectivity index (χ4v) is 3.97. The summed E-state index contributed by atoms with van der Waals surface area (Å²) >= 11 is 0. The normalized spacial score (nSPS) is 13.8. The number of hydrogen-bond donors (Lipinski definition) is 3. The minimum atomic E-state index is -4.43. The molecule has 0 aromatic heterocycles. The Labute approximate surface area is 183 Å². The van der Waals surface area contributed by atoms with Gasteiger partial charge in [-0.15, -0.1) is 0 Å². The van der Waals surface area contributed by atoms with Gasteiger partial charge in [-0.25, -0.2) is 10.1 Å². The summed E-state index contributed by atoms with van der Waals surface area (Å²) in [7, 11) is -4.43. The highest BCUT2D eigenvalue weighted by atomic mass is 32.2. The van der Waals surface area contributed by atoms with Crippen molar-refractivity contribution >= 4 is 33.6 Å². The van der Waals surface area contributed by atoms with E-state index in [0.29, 0.717) is 48.5 Å². The highest BCUT2D eigenvalue weighted by molar-refractivity contribution is 7.85. The molecule has 1 amide bonds. The Kier molecular flexibility index (Phi) is 9.17. The van der Waals surface area contributed by atoms with Crippen LogP contribution in [0.2, 0.25) is 0 Å². The molecule has 1 aliphatic rings. The maximum Gasteiger partial charge on any atom is 0.294 e. The van der Waals surface area contributed by atoms with E-state index < -0.39 is 10.1 Å². The molecular formula is C21H32N4O5S. The molecule has 9 nitrogen and oxygen atoms in total. The number of nitrogens with two attached hydrogens (primary N) is 2. The van der Waals surface area contributed by atoms with Crippen molar-refractivity contribution in [2.75, 3.05) is 19.7 Å². The first-order valence-corrected chi connectivity index (χ1v) is 12.0. The average Bonchev–Trinajstić information content (AvgIpc) is 2.87. The van der Waals surface area contributed by atoms with Crippen molar-refractivity contribution < 1.29 is 22.6 Å². The lowest BCUT2D eigenvalue weighted by molar-refractivity contribution is -0.180. The summed E-state index contributed by atoms with van der Waals surface area (Å²) in [6.07, 6.45) is 5.58. The maximum absolute atomic E-state index is 13.1. The van der Waals surface area contributed by atoms with Crippen LogP contribution in [-0.2, 0) is 26.2 Å². The van der Waals surface area contributed by atoms with E-state index in [1.54, 1.807) is 13.0 Å². The lowest BCUT2D eigenvalue weighted by Gasteiger charge is -2.21. The van der Waals surface area contributed by atoms with Crippen molar-refractivity contribution in [1.29, 1.82) is 0 Å². The number of unbranched alkanes of at least 4 members (excludes halogenated alkanes) is 2. The van der Waals surface area contributed by atoms with Gasteiger partial charge in [-0.3, -0.25) is 14.2 Å². The molecule has 0 bridgehead atoms. The number of hydrogen-bond acceptors (Lipinski definition) is 7. The Balaban J connectivity index is 2.56. The van der Waals surface area contributed by atoms with Crippen LogP contribution in [0.5, 0.6) is 0 Å². The molecule has 0 saturated carbocycles. The van der Waals surface area contributed by atoms with Gasteiger partial charge < -0.3 is 11.5 Å². The van der Waals surface area contributed by atoms with Crippen LogP contribution in [0.1, 0.15) is 57.1 Å². The number of amides is 1. The molecule has 0 saturated heterocycles. The average molecular weight is 453 g/mol. The molecule has 1 aliphatic heterocycles. The van der Waals surface area contributed by atoms with Gasteiger partial charge in [-0.2, -0.15) is 8.42 Å². The molecule has 172 valence electrons. The molecule has 0 atom stereocenters. The minimum absolute atomic E-state index is 0.106. The van der Waals surface area contributed by atoms with Crippen LogP contribution in [0.15, 0.2) is 27.6 Å². The molecule has 1 aromatic rings. The summed E-state index contributed by atoms with van der Waals surface area (Å²) in [5.74, 6) is -0.129. The number of carbonyl (C=O) groups is 1. The number of carbonyl (C=O) groups excluding carboxylic acids is 1. The van der Waals surface area contributed by atoms with Gasteiger partial charge in [-0.1, -0.05) is 13.3 Å². The summed E-state index contributed by atoms with van der Waals surface area (Å²) in [4.78, 5) is 22.7. The van der Waals surface area contributed by atoms with Crippen molar-refractivity contribution in [2.24, 2.45) is 16.5 Å². The van der Waals surface area contributed by atoms with E-state index in [0.717, 1.165) is 25.7 Å². The smallest absolute Gasteiger partial charge is 0.294 e. The second kappa shape index (κ2) is 11.4. The van der Waals surface area contributed by atoms with E-state index in [4.69, 9.17) is 16.3 Å². The Bertz CT molecular complexity index is 951. The zero-order valence-electron chi connectivity index (χ0n) is 18.1. The maximum atomic E-state index is 13.1. The number of rotatable bonds is 11. The minimum Gasteiger partial charge on any atom is -0.387 e. The highest BCUT2D eigenvalue weighted by Gasteiger charge is 2.24. The SMILES string of the molecule is CCCN(OCC)C(=O)C1=Cc2c(CCCCCN)cc(S(=O)(=O)O)cc2N=C(N)C1. The van der Waals surface area contributed by atoms with Crippen LogP contribution >= 0.6 is 0 Å². The van der Waals surface area contributed by atoms with Crippen LogP contribution in [0, 0.1) is 0 Å². The van der Waals surface area contributed by atoms with E-state index in [2.05, 4.69) is 4.99 Å². The first-order valence-electron chi connectivity index (χ1n) is 10.5. The van der Waals surface area contributed by atoms with Crippen LogP contribution in [0.25, 0.3) is 6.08 Å². The Morgan fingerprint density at radius 1 is 1.26 bits per heavy atom. The molecule has 1 aromatic carbocycles. The van der Waals surface area contributed by atoms with Gasteiger partial charge in [0, 0.05) is 24.1 Å². The van der Waals surface area contributed by atoms with Crippen LogP contribution in [0.3, 0.4) is 0 Å². The van der Waals surface area contributed by atoms with Gasteiger partial charge in [0.15, 0.2) is 0 Å². The van der Waals surface area contributed by atoms with Gasteiger partial charge in [0.1, 0.15) is 5.84 Å². The number of benzene rings is 1. The first-order chi connectivity index (χ1) is 14.7. The number of aliphatic imine (C=N–C) groups is 1. The lowest BCUT2D eigenvalue weighted by atomic mass is 9.97. The number of hydroxylamine groups is 2. The number of aryl methyl sites for hydroxylation is 1. The third kappa shape index (κ3) is 6.86. The Morgan fingerprint density at radius 3 is 2.61 bits per heavy atom. The van der Waals surface area contributed by atoms with E-state index in [1.807, 2.05) is 6.92 Å². The summed E-state index contributed by atoms with van der Waals surface area (Å²) in [6, 6.07) is 2.70. The van der Waals surface area contributed by atoms with Gasteiger partial charge >= 0.3 is 0 Å². The Morgan fingerprint density at radius 2 is 2.00 bits per heavy atom. The Hall–Kier alpha value is -2.27.